The van der Waals surface area contributed by atoms with E-state index in [1.54, 1.807) is 0 Å². The van der Waals surface area contributed by atoms with Crippen LogP contribution in [0.2, 0.25) is 0 Å². The van der Waals surface area contributed by atoms with Gasteiger partial charge in [0.25, 0.3) is 0 Å². The van der Waals surface area contributed by atoms with Crippen LogP contribution in [0.1, 0.15) is 51.8 Å². The topological polar surface area (TPSA) is 67.1 Å². The maximum absolute atomic E-state index is 10.2. The fourth-order valence-corrected chi connectivity index (χ4v) is 2.82. The lowest BCUT2D eigenvalue weighted by atomic mass is 9.96. The largest absolute Gasteiger partial charge is 0.392 e. The van der Waals surface area contributed by atoms with Crippen molar-refractivity contribution in [3.63, 3.8) is 0 Å². The summed E-state index contributed by atoms with van der Waals surface area (Å²) in [5, 5.41) is 22.1. The van der Waals surface area contributed by atoms with Crippen LogP contribution in [-0.2, 0) is 13.1 Å². The number of piperidine rings is 1. The van der Waals surface area contributed by atoms with Gasteiger partial charge in [-0.05, 0) is 42.7 Å². The zero-order valence-corrected chi connectivity index (χ0v) is 12.0. The normalized spacial score (nSPS) is 22.6. The Labute approximate surface area is 114 Å². The number of tetrazole rings is 1. The van der Waals surface area contributed by atoms with E-state index < -0.39 is 0 Å². The van der Waals surface area contributed by atoms with E-state index in [4.69, 9.17) is 0 Å². The quantitative estimate of drug-likeness (QED) is 0.839. The second kappa shape index (κ2) is 6.96. The first kappa shape index (κ1) is 14.4. The van der Waals surface area contributed by atoms with E-state index in [1.807, 2.05) is 11.6 Å². The minimum Gasteiger partial charge on any atom is -0.392 e. The highest BCUT2D eigenvalue weighted by Gasteiger charge is 2.28. The van der Waals surface area contributed by atoms with Crippen LogP contribution in [0.15, 0.2) is 0 Å². The fraction of sp³-hybridized carbons (Fsp3) is 0.923. The van der Waals surface area contributed by atoms with Gasteiger partial charge >= 0.3 is 0 Å². The molecule has 0 aliphatic carbocycles. The monoisotopic (exact) mass is 267 g/mol. The van der Waals surface area contributed by atoms with Gasteiger partial charge in [0, 0.05) is 12.6 Å². The van der Waals surface area contributed by atoms with Crippen molar-refractivity contribution >= 4 is 0 Å². The number of aryl methyl sites for hydroxylation is 1. The number of likely N-dealkylation sites (tertiary alicyclic amines) is 1. The third-order valence-electron chi connectivity index (χ3n) is 3.91. The van der Waals surface area contributed by atoms with Crippen molar-refractivity contribution < 1.29 is 5.11 Å². The van der Waals surface area contributed by atoms with Crippen LogP contribution >= 0.6 is 0 Å². The van der Waals surface area contributed by atoms with Gasteiger partial charge in [0.2, 0.25) is 0 Å². The van der Waals surface area contributed by atoms with Gasteiger partial charge in [0.15, 0.2) is 5.82 Å². The molecule has 1 aromatic rings. The molecule has 1 aliphatic heterocycles. The summed E-state index contributed by atoms with van der Waals surface area (Å²) < 4.78 is 1.88. The molecular weight excluding hydrogens is 242 g/mol. The Bertz CT molecular complexity index is 381. The lowest BCUT2D eigenvalue weighted by Crippen LogP contribution is -2.46. The average Bonchev–Trinajstić information content (AvgIpc) is 2.86. The van der Waals surface area contributed by atoms with Crippen molar-refractivity contribution in [2.45, 2.75) is 71.2 Å². The lowest BCUT2D eigenvalue weighted by Gasteiger charge is -2.37. The Hall–Kier alpha value is -1.01. The molecule has 1 aromatic heterocycles. The summed E-state index contributed by atoms with van der Waals surface area (Å²) in [5.41, 5.74) is 0. The van der Waals surface area contributed by atoms with Crippen molar-refractivity contribution in [2.75, 3.05) is 6.54 Å². The van der Waals surface area contributed by atoms with Crippen molar-refractivity contribution in [3.8, 4) is 0 Å². The highest BCUT2D eigenvalue weighted by molar-refractivity contribution is 4.88. The zero-order chi connectivity index (χ0) is 13.7. The maximum Gasteiger partial charge on any atom is 0.165 e. The third kappa shape index (κ3) is 3.51. The number of hydrogen-bond donors (Lipinski definition) is 1. The summed E-state index contributed by atoms with van der Waals surface area (Å²) in [7, 11) is 0. The zero-order valence-electron chi connectivity index (χ0n) is 12.0. The second-order valence-corrected chi connectivity index (χ2v) is 5.33. The minimum atomic E-state index is -0.240. The predicted octanol–water partition coefficient (Wildman–Crippen LogP) is 1.21. The molecule has 2 rings (SSSR count). The fourth-order valence-electron chi connectivity index (χ4n) is 2.82. The van der Waals surface area contributed by atoms with Gasteiger partial charge in [0.05, 0.1) is 12.6 Å². The molecule has 6 nitrogen and oxygen atoms in total. The molecule has 19 heavy (non-hydrogen) atoms. The molecule has 108 valence electrons. The molecule has 0 aromatic carbocycles. The van der Waals surface area contributed by atoms with Gasteiger partial charge in [-0.1, -0.05) is 20.3 Å². The molecule has 0 amide bonds. The first-order chi connectivity index (χ1) is 9.26. The number of rotatable bonds is 6. The van der Waals surface area contributed by atoms with Crippen LogP contribution in [0.25, 0.3) is 0 Å². The highest BCUT2D eigenvalue weighted by Crippen LogP contribution is 2.22. The molecular formula is C13H25N5O. The van der Waals surface area contributed by atoms with E-state index >= 15 is 0 Å². The maximum atomic E-state index is 10.2. The molecule has 1 saturated heterocycles. The van der Waals surface area contributed by atoms with Crippen LogP contribution < -0.4 is 0 Å². The van der Waals surface area contributed by atoms with E-state index in [0.29, 0.717) is 0 Å². The van der Waals surface area contributed by atoms with Crippen LogP contribution in [0.3, 0.4) is 0 Å². The van der Waals surface area contributed by atoms with E-state index in [0.717, 1.165) is 44.7 Å². The Morgan fingerprint density at radius 1 is 1.37 bits per heavy atom. The first-order valence-corrected chi connectivity index (χ1v) is 7.43. The number of aliphatic hydroxyl groups is 1. The smallest absolute Gasteiger partial charge is 0.165 e. The Morgan fingerprint density at radius 3 is 2.95 bits per heavy atom. The molecule has 0 spiro atoms. The second-order valence-electron chi connectivity index (χ2n) is 5.33. The van der Waals surface area contributed by atoms with Crippen LogP contribution in [0, 0.1) is 0 Å². The molecule has 2 heterocycles. The average molecular weight is 267 g/mol. The SMILES string of the molecule is CCCn1nnnc1CN1CCCCC1C(O)CC. The van der Waals surface area contributed by atoms with E-state index in [-0.39, 0.29) is 12.1 Å². The van der Waals surface area contributed by atoms with Crippen molar-refractivity contribution in [2.24, 2.45) is 0 Å². The summed E-state index contributed by atoms with van der Waals surface area (Å²) in [6.45, 7) is 6.79. The van der Waals surface area contributed by atoms with Gasteiger partial charge in [-0.2, -0.15) is 0 Å². The van der Waals surface area contributed by atoms with Crippen molar-refractivity contribution in [3.05, 3.63) is 5.82 Å². The molecule has 0 radical (unpaired) electrons. The summed E-state index contributed by atoms with van der Waals surface area (Å²) in [5.74, 6) is 0.914. The molecule has 1 N–H and O–H groups in total. The van der Waals surface area contributed by atoms with Crippen molar-refractivity contribution in [1.82, 2.24) is 25.1 Å². The predicted molar refractivity (Wildman–Crippen MR) is 72.5 cm³/mol. The van der Waals surface area contributed by atoms with Gasteiger partial charge in [-0.3, -0.25) is 4.90 Å². The highest BCUT2D eigenvalue weighted by atomic mass is 16.3. The summed E-state index contributed by atoms with van der Waals surface area (Å²) in [6, 6.07) is 0.255. The van der Waals surface area contributed by atoms with Gasteiger partial charge in [0.1, 0.15) is 0 Å². The first-order valence-electron chi connectivity index (χ1n) is 7.43. The Kier molecular flexibility index (Phi) is 5.27. The third-order valence-corrected chi connectivity index (χ3v) is 3.91. The molecule has 0 bridgehead atoms. The summed E-state index contributed by atoms with van der Waals surface area (Å²) in [6.07, 6.45) is 5.07. The Morgan fingerprint density at radius 2 is 2.21 bits per heavy atom. The van der Waals surface area contributed by atoms with Crippen molar-refractivity contribution in [1.29, 1.82) is 0 Å². The molecule has 6 heteroatoms. The molecule has 0 saturated carbocycles. The molecule has 1 fully saturated rings. The summed E-state index contributed by atoms with van der Waals surface area (Å²) >= 11 is 0. The van der Waals surface area contributed by atoms with Gasteiger partial charge in [-0.15, -0.1) is 5.10 Å². The molecule has 1 aliphatic rings. The van der Waals surface area contributed by atoms with E-state index in [9.17, 15) is 5.11 Å². The summed E-state index contributed by atoms with van der Waals surface area (Å²) in [4.78, 5) is 2.34. The number of hydrogen-bond acceptors (Lipinski definition) is 5. The number of nitrogens with zero attached hydrogens (tertiary/aromatic N) is 5. The standard InChI is InChI=1S/C13H25N5O/c1-3-8-18-13(14-15-16-18)10-17-9-6-5-7-11(17)12(19)4-2/h11-12,19H,3-10H2,1-2H3. The minimum absolute atomic E-state index is 0.240. The Balaban J connectivity index is 2.04. The van der Waals surface area contributed by atoms with Crippen LogP contribution in [-0.4, -0.2) is 48.9 Å². The lowest BCUT2D eigenvalue weighted by molar-refractivity contribution is 0.0175. The van der Waals surface area contributed by atoms with Gasteiger partial charge < -0.3 is 5.11 Å². The van der Waals surface area contributed by atoms with E-state index in [1.165, 1.54) is 12.8 Å². The molecule has 2 unspecified atom stereocenters. The van der Waals surface area contributed by atoms with Crippen LogP contribution in [0.5, 0.6) is 0 Å². The number of aromatic nitrogens is 4. The molecule has 2 atom stereocenters. The number of aliphatic hydroxyl groups excluding tert-OH is 1. The van der Waals surface area contributed by atoms with E-state index in [2.05, 4.69) is 27.3 Å². The van der Waals surface area contributed by atoms with Crippen LogP contribution in [0.4, 0.5) is 0 Å². The van der Waals surface area contributed by atoms with Gasteiger partial charge in [-0.25, -0.2) is 4.68 Å².